The van der Waals surface area contributed by atoms with E-state index in [0.717, 1.165) is 71.2 Å². The topological polar surface area (TPSA) is 105 Å². The molecule has 0 unspecified atom stereocenters. The van der Waals surface area contributed by atoms with Crippen LogP contribution in [-0.4, -0.2) is 52.2 Å². The molecule has 0 amide bonds. The van der Waals surface area contributed by atoms with E-state index < -0.39 is 15.8 Å². The number of rotatable bonds is 6. The maximum Gasteiger partial charge on any atom is 0.243 e. The first-order valence-electron chi connectivity index (χ1n) is 13.8. The molecule has 4 heterocycles. The number of piperidine rings is 1. The Balaban J connectivity index is 1.06. The fourth-order valence-electron chi connectivity index (χ4n) is 5.63. The molecule has 1 fully saturated rings. The number of pyridine rings is 1. The molecular weight excluding hydrogens is 553 g/mol. The molecule has 0 aliphatic carbocycles. The van der Waals surface area contributed by atoms with Crippen LogP contribution in [0.2, 0.25) is 0 Å². The van der Waals surface area contributed by atoms with Crippen molar-refractivity contribution < 1.29 is 12.8 Å². The fraction of sp³-hybridized carbons (Fsp3) is 0.194. The van der Waals surface area contributed by atoms with Crippen LogP contribution >= 0.6 is 0 Å². The van der Waals surface area contributed by atoms with Gasteiger partial charge in [0.1, 0.15) is 10.7 Å². The lowest BCUT2D eigenvalue weighted by atomic mass is 10.0. The van der Waals surface area contributed by atoms with Crippen molar-refractivity contribution in [2.75, 3.05) is 18.4 Å². The number of hydrogen-bond acceptors (Lipinski definition) is 7. The van der Waals surface area contributed by atoms with E-state index in [9.17, 15) is 12.8 Å². The molecule has 9 nitrogen and oxygen atoms in total. The Labute approximate surface area is 243 Å². The predicted molar refractivity (Wildman–Crippen MR) is 158 cm³/mol. The minimum Gasteiger partial charge on any atom is -0.338 e. The Morgan fingerprint density at radius 3 is 2.43 bits per heavy atom. The van der Waals surface area contributed by atoms with Crippen LogP contribution < -0.4 is 10.0 Å². The van der Waals surface area contributed by atoms with Crippen LogP contribution in [0.3, 0.4) is 0 Å². The fourth-order valence-corrected chi connectivity index (χ4v) is 7.02. The normalized spacial score (nSPS) is 15.3. The standard InChI is InChI=1S/C31H28FN7O2S/c32-25-7-2-4-10-28(25)42(40,41)37-23-15-18-38(19-16-23)20-21-11-13-22(14-12-21)30-35-36-31-24-6-1-3-8-26(24)34-29-27(39(30)31)9-5-17-33-29/h1-14,17,23,37H,15-16,18-20H2,(H,33,34). The van der Waals surface area contributed by atoms with Gasteiger partial charge in [0.2, 0.25) is 10.0 Å². The van der Waals surface area contributed by atoms with E-state index in [-0.39, 0.29) is 10.9 Å². The average Bonchev–Trinajstić information content (AvgIpc) is 3.38. The number of aromatic nitrogens is 4. The number of sulfonamides is 1. The summed E-state index contributed by atoms with van der Waals surface area (Å²) in [6.45, 7) is 2.22. The lowest BCUT2D eigenvalue weighted by molar-refractivity contribution is 0.200. The highest BCUT2D eigenvalue weighted by Gasteiger charge is 2.27. The largest absolute Gasteiger partial charge is 0.338 e. The monoisotopic (exact) mass is 581 g/mol. The molecule has 1 saturated heterocycles. The molecule has 2 aliphatic rings. The maximum absolute atomic E-state index is 14.0. The van der Waals surface area contributed by atoms with Crippen molar-refractivity contribution in [1.82, 2.24) is 29.4 Å². The third-order valence-electron chi connectivity index (χ3n) is 7.77. The van der Waals surface area contributed by atoms with Crippen LogP contribution in [0, 0.1) is 5.82 Å². The Hall–Kier alpha value is -4.45. The number of hydrogen-bond donors (Lipinski definition) is 2. The zero-order valence-corrected chi connectivity index (χ0v) is 23.4. The lowest BCUT2D eigenvalue weighted by Crippen LogP contribution is -2.44. The second kappa shape index (κ2) is 10.8. The van der Waals surface area contributed by atoms with E-state index in [1.54, 1.807) is 6.20 Å². The van der Waals surface area contributed by atoms with Crippen molar-refractivity contribution in [3.63, 3.8) is 0 Å². The highest BCUT2D eigenvalue weighted by atomic mass is 32.2. The Bertz CT molecular complexity index is 1870. The summed E-state index contributed by atoms with van der Waals surface area (Å²) in [5.41, 5.74) is 4.84. The molecule has 0 radical (unpaired) electrons. The van der Waals surface area contributed by atoms with Gasteiger partial charge in [-0.2, -0.15) is 0 Å². The van der Waals surface area contributed by atoms with Gasteiger partial charge in [0.25, 0.3) is 0 Å². The molecule has 0 spiro atoms. The van der Waals surface area contributed by atoms with Gasteiger partial charge >= 0.3 is 0 Å². The first-order valence-corrected chi connectivity index (χ1v) is 15.3. The van der Waals surface area contributed by atoms with Crippen LogP contribution in [0.5, 0.6) is 0 Å². The highest BCUT2D eigenvalue weighted by molar-refractivity contribution is 7.89. The van der Waals surface area contributed by atoms with Gasteiger partial charge in [0.15, 0.2) is 17.5 Å². The second-order valence-electron chi connectivity index (χ2n) is 10.5. The molecule has 3 aromatic carbocycles. The number of halogens is 1. The highest BCUT2D eigenvalue weighted by Crippen LogP contribution is 2.39. The summed E-state index contributed by atoms with van der Waals surface area (Å²) in [5.74, 6) is 1.47. The molecule has 11 heteroatoms. The van der Waals surface area contributed by atoms with Crippen LogP contribution in [-0.2, 0) is 16.6 Å². The summed E-state index contributed by atoms with van der Waals surface area (Å²) < 4.78 is 44.1. The van der Waals surface area contributed by atoms with Crippen molar-refractivity contribution >= 4 is 21.5 Å². The Morgan fingerprint density at radius 1 is 0.881 bits per heavy atom. The number of anilines is 2. The molecular formula is C31H28FN7O2S. The molecule has 42 heavy (non-hydrogen) atoms. The van der Waals surface area contributed by atoms with Crippen LogP contribution in [0.15, 0.2) is 96.0 Å². The zero-order chi connectivity index (χ0) is 28.7. The van der Waals surface area contributed by atoms with Crippen molar-refractivity contribution in [3.8, 4) is 28.5 Å². The predicted octanol–water partition coefficient (Wildman–Crippen LogP) is 5.14. The summed E-state index contributed by atoms with van der Waals surface area (Å²) in [6.07, 6.45) is 3.07. The van der Waals surface area contributed by atoms with E-state index in [4.69, 9.17) is 0 Å². The number of likely N-dealkylation sites (tertiary alicyclic amines) is 1. The number of fused-ring (bicyclic) bond motifs is 5. The Kier molecular flexibility index (Phi) is 6.77. The van der Waals surface area contributed by atoms with E-state index >= 15 is 0 Å². The Morgan fingerprint density at radius 2 is 1.62 bits per heavy atom. The van der Waals surface area contributed by atoms with Gasteiger partial charge in [-0.3, -0.25) is 9.47 Å². The van der Waals surface area contributed by atoms with E-state index in [1.165, 1.54) is 18.2 Å². The SMILES string of the molecule is O=S(=O)(NC1CCN(Cc2ccc(-c3nnc4n3-c3cccnc3Nc3ccccc3-4)cc2)CC1)c1ccccc1F. The third-order valence-corrected chi connectivity index (χ3v) is 9.32. The van der Waals surface area contributed by atoms with Gasteiger partial charge in [0, 0.05) is 43.0 Å². The number of nitrogens with zero attached hydrogens (tertiary/aromatic N) is 5. The maximum atomic E-state index is 14.0. The number of benzene rings is 3. The van der Waals surface area contributed by atoms with Gasteiger partial charge in [-0.05, 0) is 54.8 Å². The molecule has 7 rings (SSSR count). The minimum absolute atomic E-state index is 0.228. The average molecular weight is 582 g/mol. The van der Waals surface area contributed by atoms with Gasteiger partial charge in [0.05, 0.1) is 11.4 Å². The summed E-state index contributed by atoms with van der Waals surface area (Å²) >= 11 is 0. The molecule has 2 N–H and O–H groups in total. The third kappa shape index (κ3) is 4.95. The van der Waals surface area contributed by atoms with Gasteiger partial charge in [-0.15, -0.1) is 10.2 Å². The summed E-state index contributed by atoms with van der Waals surface area (Å²) in [7, 11) is -3.90. The van der Waals surface area contributed by atoms with E-state index in [1.807, 2.05) is 41.0 Å². The molecule has 5 aromatic rings. The molecule has 2 aromatic heterocycles. The van der Waals surface area contributed by atoms with Gasteiger partial charge in [-0.1, -0.05) is 48.5 Å². The summed E-state index contributed by atoms with van der Waals surface area (Å²) in [5, 5.41) is 12.6. The quantitative estimate of drug-likeness (QED) is 0.281. The zero-order valence-electron chi connectivity index (χ0n) is 22.6. The van der Waals surface area contributed by atoms with Crippen molar-refractivity contribution in [3.05, 3.63) is 103 Å². The van der Waals surface area contributed by atoms with Crippen molar-refractivity contribution in [1.29, 1.82) is 0 Å². The van der Waals surface area contributed by atoms with Crippen molar-refractivity contribution in [2.24, 2.45) is 0 Å². The summed E-state index contributed by atoms with van der Waals surface area (Å²) in [4.78, 5) is 6.56. The smallest absolute Gasteiger partial charge is 0.243 e. The van der Waals surface area contributed by atoms with E-state index in [2.05, 4.69) is 54.4 Å². The van der Waals surface area contributed by atoms with Crippen LogP contribution in [0.1, 0.15) is 18.4 Å². The number of para-hydroxylation sites is 1. The lowest BCUT2D eigenvalue weighted by Gasteiger charge is -2.32. The number of nitrogens with one attached hydrogen (secondary N) is 2. The van der Waals surface area contributed by atoms with Crippen molar-refractivity contribution in [2.45, 2.75) is 30.3 Å². The summed E-state index contributed by atoms with van der Waals surface area (Å²) in [6, 6.07) is 25.4. The molecule has 0 saturated carbocycles. The van der Waals surface area contributed by atoms with Crippen LogP contribution in [0.4, 0.5) is 15.9 Å². The first-order chi connectivity index (χ1) is 20.5. The molecule has 2 aliphatic heterocycles. The minimum atomic E-state index is -3.90. The van der Waals surface area contributed by atoms with Gasteiger partial charge < -0.3 is 5.32 Å². The molecule has 212 valence electrons. The van der Waals surface area contributed by atoms with E-state index in [0.29, 0.717) is 12.8 Å². The first kappa shape index (κ1) is 26.4. The molecule has 0 bridgehead atoms. The van der Waals surface area contributed by atoms with Crippen LogP contribution in [0.25, 0.3) is 28.5 Å². The molecule has 0 atom stereocenters. The van der Waals surface area contributed by atoms with Gasteiger partial charge in [-0.25, -0.2) is 22.5 Å². The second-order valence-corrected chi connectivity index (χ2v) is 12.2.